The van der Waals surface area contributed by atoms with E-state index in [0.29, 0.717) is 0 Å². The quantitative estimate of drug-likeness (QED) is 0.689. The van der Waals surface area contributed by atoms with Gasteiger partial charge in [-0.05, 0) is 18.4 Å². The highest BCUT2D eigenvalue weighted by atomic mass is 16.6. The summed E-state index contributed by atoms with van der Waals surface area (Å²) in [6, 6.07) is 10.2. The van der Waals surface area contributed by atoms with E-state index in [9.17, 15) is 4.79 Å². The Morgan fingerprint density at radius 1 is 1.00 bits per heavy atom. The van der Waals surface area contributed by atoms with Gasteiger partial charge in [0.05, 0.1) is 0 Å². The molecule has 1 aromatic carbocycles. The maximum Gasteiger partial charge on any atom is 0.316 e. The summed E-state index contributed by atoms with van der Waals surface area (Å²) in [5, 5.41) is 0. The smallest absolute Gasteiger partial charge is 0.316 e. The first-order valence-electron chi connectivity index (χ1n) is 6.59. The molecule has 1 heterocycles. The van der Waals surface area contributed by atoms with E-state index in [1.807, 2.05) is 18.2 Å². The highest BCUT2D eigenvalue weighted by molar-refractivity contribution is 5.83. The van der Waals surface area contributed by atoms with Crippen LogP contribution in [-0.2, 0) is 9.53 Å². The summed E-state index contributed by atoms with van der Waals surface area (Å²) in [6.45, 7) is 0. The summed E-state index contributed by atoms with van der Waals surface area (Å²) in [4.78, 5) is 11.9. The second-order valence-corrected chi connectivity index (χ2v) is 5.27. The number of hydrogen-bond donors (Lipinski definition) is 0. The fraction of sp³-hybridized carbons (Fsp3) is 0.533. The zero-order chi connectivity index (χ0) is 11.7. The van der Waals surface area contributed by atoms with Crippen LogP contribution >= 0.6 is 0 Å². The highest BCUT2D eigenvalue weighted by Gasteiger charge is 2.57. The number of rotatable bonds is 1. The first kappa shape index (κ1) is 10.8. The normalized spacial score (nSPS) is 27.1. The van der Waals surface area contributed by atoms with E-state index in [0.717, 1.165) is 18.4 Å². The summed E-state index contributed by atoms with van der Waals surface area (Å²) < 4.78 is 5.44. The minimum absolute atomic E-state index is 0.00861. The fourth-order valence-electron chi connectivity index (χ4n) is 3.23. The molecule has 90 valence electrons. The van der Waals surface area contributed by atoms with E-state index in [1.54, 1.807) is 0 Å². The van der Waals surface area contributed by atoms with E-state index < -0.39 is 0 Å². The van der Waals surface area contributed by atoms with Gasteiger partial charge < -0.3 is 4.74 Å². The van der Waals surface area contributed by atoms with Crippen molar-refractivity contribution in [1.29, 1.82) is 0 Å². The molecule has 0 aromatic heterocycles. The zero-order valence-corrected chi connectivity index (χ0v) is 10.0. The molecule has 0 N–H and O–H groups in total. The molecule has 0 bridgehead atoms. The van der Waals surface area contributed by atoms with Gasteiger partial charge in [-0.2, -0.15) is 0 Å². The first-order valence-corrected chi connectivity index (χ1v) is 6.59. The minimum atomic E-state index is -0.197. The molecule has 1 aromatic rings. The Labute approximate surface area is 102 Å². The Kier molecular flexibility index (Phi) is 2.65. The van der Waals surface area contributed by atoms with Crippen molar-refractivity contribution in [3.05, 3.63) is 35.9 Å². The lowest BCUT2D eigenvalue weighted by Gasteiger charge is -2.46. The molecular weight excluding hydrogens is 212 g/mol. The van der Waals surface area contributed by atoms with Gasteiger partial charge in [-0.1, -0.05) is 56.0 Å². The number of esters is 1. The molecule has 1 aliphatic heterocycles. The average molecular weight is 230 g/mol. The van der Waals surface area contributed by atoms with Crippen molar-refractivity contribution in [2.24, 2.45) is 5.41 Å². The molecule has 0 unspecified atom stereocenters. The molecule has 0 amide bonds. The van der Waals surface area contributed by atoms with E-state index in [-0.39, 0.29) is 17.5 Å². The molecule has 1 aliphatic carbocycles. The Bertz CT molecular complexity index is 402. The molecule has 3 rings (SSSR count). The second-order valence-electron chi connectivity index (χ2n) is 5.27. The number of carbonyl (C=O) groups excluding carboxylic acids is 1. The molecule has 2 aliphatic rings. The minimum Gasteiger partial charge on any atom is -0.456 e. The largest absolute Gasteiger partial charge is 0.456 e. The SMILES string of the molecule is O=C1O[C@@H](c2ccccc2)C12CCCCCC2. The average Bonchev–Trinajstić information content (AvgIpc) is 2.64. The van der Waals surface area contributed by atoms with Crippen LogP contribution in [0, 0.1) is 5.41 Å². The van der Waals surface area contributed by atoms with Crippen LogP contribution in [-0.4, -0.2) is 5.97 Å². The van der Waals surface area contributed by atoms with Crippen molar-refractivity contribution in [2.75, 3.05) is 0 Å². The van der Waals surface area contributed by atoms with Gasteiger partial charge in [0.25, 0.3) is 0 Å². The van der Waals surface area contributed by atoms with E-state index in [1.165, 1.54) is 25.7 Å². The van der Waals surface area contributed by atoms with Crippen molar-refractivity contribution in [2.45, 2.75) is 44.6 Å². The lowest BCUT2D eigenvalue weighted by Crippen LogP contribution is -2.50. The zero-order valence-electron chi connectivity index (χ0n) is 10.0. The second kappa shape index (κ2) is 4.17. The molecular formula is C15H18O2. The Morgan fingerprint density at radius 2 is 1.65 bits per heavy atom. The van der Waals surface area contributed by atoms with Gasteiger partial charge in [-0.15, -0.1) is 0 Å². The summed E-state index contributed by atoms with van der Waals surface area (Å²) >= 11 is 0. The van der Waals surface area contributed by atoms with Gasteiger partial charge in [-0.25, -0.2) is 0 Å². The molecule has 2 fully saturated rings. The van der Waals surface area contributed by atoms with Crippen molar-refractivity contribution >= 4 is 5.97 Å². The molecule has 1 saturated heterocycles. The summed E-state index contributed by atoms with van der Waals surface area (Å²) in [7, 11) is 0. The first-order chi connectivity index (χ1) is 8.33. The lowest BCUT2D eigenvalue weighted by atomic mass is 9.69. The molecule has 17 heavy (non-hydrogen) atoms. The Balaban J connectivity index is 1.89. The predicted molar refractivity (Wildman–Crippen MR) is 65.4 cm³/mol. The summed E-state index contributed by atoms with van der Waals surface area (Å²) in [5.41, 5.74) is 0.965. The maximum atomic E-state index is 11.9. The van der Waals surface area contributed by atoms with Gasteiger partial charge in [0.1, 0.15) is 11.5 Å². The molecule has 1 atom stereocenters. The Hall–Kier alpha value is -1.31. The van der Waals surface area contributed by atoms with Crippen molar-refractivity contribution in [3.8, 4) is 0 Å². The van der Waals surface area contributed by atoms with Crippen LogP contribution in [0.4, 0.5) is 0 Å². The maximum absolute atomic E-state index is 11.9. The van der Waals surface area contributed by atoms with E-state index in [2.05, 4.69) is 12.1 Å². The van der Waals surface area contributed by atoms with Crippen molar-refractivity contribution in [3.63, 3.8) is 0 Å². The predicted octanol–water partition coefficient (Wildman–Crippen LogP) is 3.63. The van der Waals surface area contributed by atoms with Gasteiger partial charge in [0.2, 0.25) is 0 Å². The van der Waals surface area contributed by atoms with Crippen molar-refractivity contribution in [1.82, 2.24) is 0 Å². The van der Waals surface area contributed by atoms with Gasteiger partial charge in [-0.3, -0.25) is 4.79 Å². The third kappa shape index (κ3) is 1.67. The van der Waals surface area contributed by atoms with Crippen LogP contribution in [0.1, 0.15) is 50.2 Å². The third-order valence-electron chi connectivity index (χ3n) is 4.23. The monoisotopic (exact) mass is 230 g/mol. The van der Waals surface area contributed by atoms with Crippen LogP contribution in [0.25, 0.3) is 0 Å². The standard InChI is InChI=1S/C15H18O2/c16-14-15(10-6-1-2-7-11-15)13(17-14)12-8-4-3-5-9-12/h3-5,8-9,13H,1-2,6-7,10-11H2/t13-/m0/s1. The van der Waals surface area contributed by atoms with Crippen LogP contribution in [0.15, 0.2) is 30.3 Å². The van der Waals surface area contributed by atoms with Crippen molar-refractivity contribution < 1.29 is 9.53 Å². The number of ether oxygens (including phenoxy) is 1. The number of benzene rings is 1. The molecule has 1 saturated carbocycles. The molecule has 0 radical (unpaired) electrons. The summed E-state index contributed by atoms with van der Waals surface area (Å²) in [6.07, 6.45) is 6.87. The van der Waals surface area contributed by atoms with Crippen LogP contribution < -0.4 is 0 Å². The highest BCUT2D eigenvalue weighted by Crippen LogP contribution is 2.55. The fourth-order valence-corrected chi connectivity index (χ4v) is 3.23. The number of hydrogen-bond acceptors (Lipinski definition) is 2. The molecule has 2 nitrogen and oxygen atoms in total. The van der Waals surface area contributed by atoms with Crippen LogP contribution in [0.2, 0.25) is 0 Å². The summed E-state index contributed by atoms with van der Waals surface area (Å²) in [5.74, 6) is 0.0354. The molecule has 1 spiro atoms. The van der Waals surface area contributed by atoms with Gasteiger partial charge >= 0.3 is 5.97 Å². The number of cyclic esters (lactones) is 1. The van der Waals surface area contributed by atoms with E-state index in [4.69, 9.17) is 4.74 Å². The van der Waals surface area contributed by atoms with Crippen LogP contribution in [0.3, 0.4) is 0 Å². The third-order valence-corrected chi connectivity index (χ3v) is 4.23. The topological polar surface area (TPSA) is 26.3 Å². The van der Waals surface area contributed by atoms with Crippen LogP contribution in [0.5, 0.6) is 0 Å². The Morgan fingerprint density at radius 3 is 2.24 bits per heavy atom. The molecule has 2 heteroatoms. The number of carbonyl (C=O) groups is 1. The van der Waals surface area contributed by atoms with Gasteiger partial charge in [0, 0.05) is 0 Å². The van der Waals surface area contributed by atoms with Gasteiger partial charge in [0.15, 0.2) is 0 Å². The lowest BCUT2D eigenvalue weighted by molar-refractivity contribution is -0.211. The van der Waals surface area contributed by atoms with E-state index >= 15 is 0 Å².